The smallest absolute Gasteiger partial charge is 0.166 e. The molecule has 0 amide bonds. The van der Waals surface area contributed by atoms with Gasteiger partial charge >= 0.3 is 6.18 Å². The maximum Gasteiger partial charge on any atom is 0.416 e. The molecule has 0 heterocycles. The molecule has 2 rings (SSSR count). The van der Waals surface area contributed by atoms with E-state index in [0.29, 0.717) is 5.92 Å². The van der Waals surface area contributed by atoms with Gasteiger partial charge in [0.25, 0.3) is 0 Å². The Hall–Kier alpha value is -1.51. The van der Waals surface area contributed by atoms with Crippen molar-refractivity contribution in [1.29, 1.82) is 0 Å². The van der Waals surface area contributed by atoms with Crippen LogP contribution in [0.5, 0.6) is 0 Å². The second-order valence-corrected chi connectivity index (χ2v) is 7.35. The lowest BCUT2D eigenvalue weighted by atomic mass is 9.89. The van der Waals surface area contributed by atoms with Gasteiger partial charge in [0.1, 0.15) is 0 Å². The van der Waals surface area contributed by atoms with Crippen molar-refractivity contribution < 1.29 is 13.2 Å². The number of halogens is 3. The molecule has 144 valence electrons. The van der Waals surface area contributed by atoms with Crippen molar-refractivity contribution in [3.8, 4) is 0 Å². The molecule has 0 aliphatic heterocycles. The van der Waals surface area contributed by atoms with Crippen molar-refractivity contribution in [2.45, 2.75) is 77.3 Å². The molecule has 1 aromatic carbocycles. The molecule has 0 aromatic heterocycles. The van der Waals surface area contributed by atoms with E-state index in [1.807, 2.05) is 0 Å². The van der Waals surface area contributed by atoms with Crippen molar-refractivity contribution in [2.75, 3.05) is 0 Å². The van der Waals surface area contributed by atoms with E-state index in [1.54, 1.807) is 12.1 Å². The summed E-state index contributed by atoms with van der Waals surface area (Å²) in [5, 5.41) is 0. The van der Waals surface area contributed by atoms with Gasteiger partial charge < -0.3 is 0 Å². The van der Waals surface area contributed by atoms with Gasteiger partial charge in [0.2, 0.25) is 0 Å². The van der Waals surface area contributed by atoms with Gasteiger partial charge in [0, 0.05) is 0 Å². The lowest BCUT2D eigenvalue weighted by Crippen LogP contribution is -2.04. The Morgan fingerprint density at radius 2 is 1.50 bits per heavy atom. The van der Waals surface area contributed by atoms with Crippen LogP contribution in [0.1, 0.15) is 82.3 Å². The van der Waals surface area contributed by atoms with Gasteiger partial charge in [0.15, 0.2) is 0 Å². The number of unbranched alkanes of at least 4 members (excludes halogenated alkanes) is 7. The van der Waals surface area contributed by atoms with E-state index in [-0.39, 0.29) is 0 Å². The highest BCUT2D eigenvalue weighted by atomic mass is 19.4. The molecule has 3 heteroatoms. The molecule has 26 heavy (non-hydrogen) atoms. The fourth-order valence-electron chi connectivity index (χ4n) is 3.48. The van der Waals surface area contributed by atoms with Crippen LogP contribution in [0.15, 0.2) is 42.5 Å². The van der Waals surface area contributed by atoms with Crippen LogP contribution in [-0.2, 0) is 6.18 Å². The molecule has 0 saturated carbocycles. The molecule has 1 unspecified atom stereocenters. The number of allylic oxidation sites excluding steroid dienone is 4. The standard InChI is InChI=1S/C23H31F3/c1-2-3-4-5-6-7-8-9-10-19-11-13-20(14-12-19)21-15-17-22(18-16-21)23(24,25)26/h11,13-19H,2-10,12H2,1H3. The van der Waals surface area contributed by atoms with E-state index in [0.717, 1.165) is 29.7 Å². The highest BCUT2D eigenvalue weighted by molar-refractivity contribution is 5.75. The summed E-state index contributed by atoms with van der Waals surface area (Å²) in [6.45, 7) is 2.25. The van der Waals surface area contributed by atoms with E-state index >= 15 is 0 Å². The summed E-state index contributed by atoms with van der Waals surface area (Å²) in [4.78, 5) is 0. The Labute approximate surface area is 156 Å². The summed E-state index contributed by atoms with van der Waals surface area (Å²) < 4.78 is 37.9. The van der Waals surface area contributed by atoms with E-state index < -0.39 is 11.7 Å². The van der Waals surface area contributed by atoms with Gasteiger partial charge in [-0.3, -0.25) is 0 Å². The molecular formula is C23H31F3. The summed E-state index contributed by atoms with van der Waals surface area (Å²) in [5.74, 6) is 0.577. The van der Waals surface area contributed by atoms with Gasteiger partial charge in [-0.15, -0.1) is 0 Å². The lowest BCUT2D eigenvalue weighted by Gasteiger charge is -2.17. The Kier molecular flexibility index (Phi) is 8.47. The van der Waals surface area contributed by atoms with Gasteiger partial charge in [-0.25, -0.2) is 0 Å². The monoisotopic (exact) mass is 364 g/mol. The predicted octanol–water partition coefficient (Wildman–Crippen LogP) is 8.20. The highest BCUT2D eigenvalue weighted by Crippen LogP contribution is 2.32. The molecule has 1 aromatic rings. The maximum absolute atomic E-state index is 12.6. The van der Waals surface area contributed by atoms with Crippen LogP contribution < -0.4 is 0 Å². The summed E-state index contributed by atoms with van der Waals surface area (Å²) in [6.07, 6.45) is 15.1. The van der Waals surface area contributed by atoms with Crippen LogP contribution >= 0.6 is 0 Å². The number of rotatable bonds is 10. The SMILES string of the molecule is CCCCCCCCCCC1C=CC(c2ccc(C(F)(F)F)cc2)=CC1. The second kappa shape index (κ2) is 10.6. The fourth-order valence-corrected chi connectivity index (χ4v) is 3.48. The van der Waals surface area contributed by atoms with Crippen molar-refractivity contribution in [3.63, 3.8) is 0 Å². The normalized spacial score (nSPS) is 17.4. The Morgan fingerprint density at radius 3 is 2.04 bits per heavy atom. The Morgan fingerprint density at radius 1 is 0.885 bits per heavy atom. The van der Waals surface area contributed by atoms with Crippen molar-refractivity contribution >= 4 is 5.57 Å². The van der Waals surface area contributed by atoms with E-state index in [1.165, 1.54) is 57.8 Å². The van der Waals surface area contributed by atoms with Crippen LogP contribution in [0.25, 0.3) is 5.57 Å². The van der Waals surface area contributed by atoms with E-state index in [2.05, 4.69) is 25.2 Å². The van der Waals surface area contributed by atoms with Gasteiger partial charge in [-0.05, 0) is 42.0 Å². The average Bonchev–Trinajstić information content (AvgIpc) is 2.64. The minimum Gasteiger partial charge on any atom is -0.166 e. The van der Waals surface area contributed by atoms with Gasteiger partial charge in [-0.1, -0.05) is 88.7 Å². The zero-order valence-electron chi connectivity index (χ0n) is 15.8. The summed E-state index contributed by atoms with van der Waals surface area (Å²) in [6, 6.07) is 5.46. The average molecular weight is 364 g/mol. The minimum absolute atomic E-state index is 0.577. The molecular weight excluding hydrogens is 333 g/mol. The molecule has 0 radical (unpaired) electrons. The molecule has 1 aliphatic rings. The number of hydrogen-bond acceptors (Lipinski definition) is 0. The Bertz CT molecular complexity index is 578. The van der Waals surface area contributed by atoms with Crippen LogP contribution in [0.3, 0.4) is 0 Å². The minimum atomic E-state index is -4.27. The molecule has 0 fully saturated rings. The molecule has 0 bridgehead atoms. The topological polar surface area (TPSA) is 0 Å². The number of hydrogen-bond donors (Lipinski definition) is 0. The Balaban J connectivity index is 1.68. The van der Waals surface area contributed by atoms with Crippen LogP contribution in [-0.4, -0.2) is 0 Å². The lowest BCUT2D eigenvalue weighted by molar-refractivity contribution is -0.137. The first kappa shape index (κ1) is 20.8. The maximum atomic E-state index is 12.6. The van der Waals surface area contributed by atoms with Gasteiger partial charge in [-0.2, -0.15) is 13.2 Å². The first-order chi connectivity index (χ1) is 12.5. The van der Waals surface area contributed by atoms with Crippen molar-refractivity contribution in [3.05, 3.63) is 53.6 Å². The van der Waals surface area contributed by atoms with E-state index in [4.69, 9.17) is 0 Å². The molecule has 1 atom stereocenters. The third-order valence-electron chi connectivity index (χ3n) is 5.16. The predicted molar refractivity (Wildman–Crippen MR) is 104 cm³/mol. The highest BCUT2D eigenvalue weighted by Gasteiger charge is 2.30. The van der Waals surface area contributed by atoms with Crippen molar-refractivity contribution in [1.82, 2.24) is 0 Å². The summed E-state index contributed by atoms with van der Waals surface area (Å²) >= 11 is 0. The fraction of sp³-hybridized carbons (Fsp3) is 0.565. The number of alkyl halides is 3. The first-order valence-corrected chi connectivity index (χ1v) is 10.1. The quantitative estimate of drug-likeness (QED) is 0.367. The van der Waals surface area contributed by atoms with Gasteiger partial charge in [0.05, 0.1) is 5.56 Å². The zero-order chi connectivity index (χ0) is 18.8. The third-order valence-corrected chi connectivity index (χ3v) is 5.16. The molecule has 0 N–H and O–H groups in total. The largest absolute Gasteiger partial charge is 0.416 e. The molecule has 0 spiro atoms. The van der Waals surface area contributed by atoms with Crippen LogP contribution in [0.2, 0.25) is 0 Å². The zero-order valence-corrected chi connectivity index (χ0v) is 15.8. The van der Waals surface area contributed by atoms with Crippen LogP contribution in [0, 0.1) is 5.92 Å². The molecule has 1 aliphatic carbocycles. The summed E-state index contributed by atoms with van der Waals surface area (Å²) in [5.41, 5.74) is 1.31. The van der Waals surface area contributed by atoms with Crippen molar-refractivity contribution in [2.24, 2.45) is 5.92 Å². The van der Waals surface area contributed by atoms with Crippen LogP contribution in [0.4, 0.5) is 13.2 Å². The molecule has 0 nitrogen and oxygen atoms in total. The van der Waals surface area contributed by atoms with E-state index in [9.17, 15) is 13.2 Å². The molecule has 0 saturated heterocycles. The third kappa shape index (κ3) is 7.01. The second-order valence-electron chi connectivity index (χ2n) is 7.35. The first-order valence-electron chi connectivity index (χ1n) is 10.1. The number of benzene rings is 1. The summed E-state index contributed by atoms with van der Waals surface area (Å²) in [7, 11) is 0.